The fourth-order valence-electron chi connectivity index (χ4n) is 2.32. The number of aromatic nitrogens is 2. The molecule has 1 aliphatic carbocycles. The summed E-state index contributed by atoms with van der Waals surface area (Å²) >= 11 is 0. The van der Waals surface area contributed by atoms with Crippen LogP contribution in [0.4, 0.5) is 0 Å². The molecular formula is C12H21N3. The lowest BCUT2D eigenvalue weighted by atomic mass is 9.75. The van der Waals surface area contributed by atoms with E-state index in [9.17, 15) is 0 Å². The molecule has 0 spiro atoms. The summed E-state index contributed by atoms with van der Waals surface area (Å²) < 4.78 is 2.20. The summed E-state index contributed by atoms with van der Waals surface area (Å²) in [5.74, 6) is 0. The van der Waals surface area contributed by atoms with Crippen LogP contribution in [0.15, 0.2) is 12.5 Å². The molecule has 2 rings (SSSR count). The Labute approximate surface area is 91.9 Å². The van der Waals surface area contributed by atoms with Crippen LogP contribution in [-0.4, -0.2) is 15.1 Å². The van der Waals surface area contributed by atoms with Crippen molar-refractivity contribution in [3.05, 3.63) is 18.2 Å². The third-order valence-corrected chi connectivity index (χ3v) is 3.77. The molecule has 1 fully saturated rings. The van der Waals surface area contributed by atoms with Gasteiger partial charge in [0.25, 0.3) is 0 Å². The molecule has 0 saturated heterocycles. The van der Waals surface area contributed by atoms with Crippen LogP contribution in [0.1, 0.15) is 45.2 Å². The van der Waals surface area contributed by atoms with E-state index in [1.165, 1.54) is 31.4 Å². The Morgan fingerprint density at radius 3 is 2.80 bits per heavy atom. The zero-order valence-corrected chi connectivity index (χ0v) is 9.79. The summed E-state index contributed by atoms with van der Waals surface area (Å²) in [6, 6.07) is 0. The van der Waals surface area contributed by atoms with Crippen molar-refractivity contribution in [3.8, 4) is 0 Å². The lowest BCUT2D eigenvalue weighted by Crippen LogP contribution is -2.50. The van der Waals surface area contributed by atoms with E-state index < -0.39 is 0 Å². The first-order valence-electron chi connectivity index (χ1n) is 6.04. The van der Waals surface area contributed by atoms with Gasteiger partial charge in [-0.05, 0) is 32.6 Å². The summed E-state index contributed by atoms with van der Waals surface area (Å²) in [6.07, 6.45) is 9.18. The maximum Gasteiger partial charge on any atom is 0.0948 e. The molecule has 3 nitrogen and oxygen atoms in total. The molecule has 84 valence electrons. The molecule has 0 amide bonds. The van der Waals surface area contributed by atoms with E-state index in [4.69, 9.17) is 0 Å². The summed E-state index contributed by atoms with van der Waals surface area (Å²) in [4.78, 5) is 4.19. The zero-order chi connectivity index (χ0) is 10.7. The molecule has 1 N–H and O–H groups in total. The highest BCUT2D eigenvalue weighted by atomic mass is 15.1. The van der Waals surface area contributed by atoms with Gasteiger partial charge in [0.15, 0.2) is 0 Å². The van der Waals surface area contributed by atoms with E-state index >= 15 is 0 Å². The van der Waals surface area contributed by atoms with Gasteiger partial charge in [-0.25, -0.2) is 4.98 Å². The Balaban J connectivity index is 1.92. The monoisotopic (exact) mass is 207 g/mol. The molecule has 0 bridgehead atoms. The molecule has 15 heavy (non-hydrogen) atoms. The smallest absolute Gasteiger partial charge is 0.0948 e. The molecule has 1 aliphatic rings. The third-order valence-electron chi connectivity index (χ3n) is 3.77. The van der Waals surface area contributed by atoms with Crippen LogP contribution in [-0.2, 0) is 13.1 Å². The van der Waals surface area contributed by atoms with E-state index in [-0.39, 0.29) is 0 Å². The van der Waals surface area contributed by atoms with Gasteiger partial charge in [0, 0.05) is 24.8 Å². The molecular weight excluding hydrogens is 186 g/mol. The zero-order valence-electron chi connectivity index (χ0n) is 9.79. The van der Waals surface area contributed by atoms with Crippen molar-refractivity contribution in [1.29, 1.82) is 0 Å². The lowest BCUT2D eigenvalue weighted by molar-refractivity contribution is 0.174. The molecule has 1 aromatic rings. The predicted molar refractivity (Wildman–Crippen MR) is 61.6 cm³/mol. The second kappa shape index (κ2) is 4.35. The molecule has 0 aromatic carbocycles. The number of imidazole rings is 1. The molecule has 0 unspecified atom stereocenters. The van der Waals surface area contributed by atoms with E-state index in [1.807, 2.05) is 12.5 Å². The summed E-state index contributed by atoms with van der Waals surface area (Å²) in [7, 11) is 0. The van der Waals surface area contributed by atoms with Crippen molar-refractivity contribution in [2.75, 3.05) is 0 Å². The highest BCUT2D eigenvalue weighted by Crippen LogP contribution is 2.34. The number of nitrogens with zero attached hydrogens (tertiary/aromatic N) is 2. The first-order valence-corrected chi connectivity index (χ1v) is 6.04. The SMILES string of the molecule is CCn1cncc1CNC1(CC)CCC1. The van der Waals surface area contributed by atoms with Gasteiger partial charge in [0.2, 0.25) is 0 Å². The Kier molecular flexibility index (Phi) is 3.10. The van der Waals surface area contributed by atoms with Crippen LogP contribution in [0.5, 0.6) is 0 Å². The Hall–Kier alpha value is -0.830. The molecule has 1 heterocycles. The normalized spacial score (nSPS) is 18.8. The maximum atomic E-state index is 4.19. The van der Waals surface area contributed by atoms with E-state index in [1.54, 1.807) is 0 Å². The van der Waals surface area contributed by atoms with Crippen LogP contribution in [0, 0.1) is 0 Å². The summed E-state index contributed by atoms with van der Waals surface area (Å²) in [5.41, 5.74) is 1.74. The standard InChI is InChI=1S/C12H21N3/c1-3-12(6-5-7-12)14-9-11-8-13-10-15(11)4-2/h8,10,14H,3-7,9H2,1-2H3. The van der Waals surface area contributed by atoms with E-state index in [2.05, 4.69) is 28.7 Å². The highest BCUT2D eigenvalue weighted by Gasteiger charge is 2.34. The number of aryl methyl sites for hydroxylation is 1. The van der Waals surface area contributed by atoms with Crippen molar-refractivity contribution >= 4 is 0 Å². The molecule has 1 aromatic heterocycles. The van der Waals surface area contributed by atoms with Crippen LogP contribution in [0.2, 0.25) is 0 Å². The Morgan fingerprint density at radius 1 is 1.47 bits per heavy atom. The highest BCUT2D eigenvalue weighted by molar-refractivity contribution is 5.02. The lowest BCUT2D eigenvalue weighted by Gasteiger charge is -2.42. The van der Waals surface area contributed by atoms with Crippen LogP contribution >= 0.6 is 0 Å². The first-order chi connectivity index (χ1) is 7.29. The Bertz CT molecular complexity index is 307. The topological polar surface area (TPSA) is 29.9 Å². The number of hydrogen-bond donors (Lipinski definition) is 1. The van der Waals surface area contributed by atoms with Crippen molar-refractivity contribution in [2.45, 2.75) is 58.2 Å². The molecule has 0 aliphatic heterocycles. The molecule has 0 radical (unpaired) electrons. The number of hydrogen-bond acceptors (Lipinski definition) is 2. The van der Waals surface area contributed by atoms with Crippen molar-refractivity contribution in [2.24, 2.45) is 0 Å². The molecule has 3 heteroatoms. The van der Waals surface area contributed by atoms with Gasteiger partial charge in [-0.2, -0.15) is 0 Å². The van der Waals surface area contributed by atoms with Gasteiger partial charge < -0.3 is 9.88 Å². The molecule has 1 saturated carbocycles. The predicted octanol–water partition coefficient (Wildman–Crippen LogP) is 2.33. The van der Waals surface area contributed by atoms with Gasteiger partial charge in [-0.1, -0.05) is 6.92 Å². The van der Waals surface area contributed by atoms with Gasteiger partial charge in [0.1, 0.15) is 0 Å². The van der Waals surface area contributed by atoms with Gasteiger partial charge in [-0.3, -0.25) is 0 Å². The van der Waals surface area contributed by atoms with Crippen molar-refractivity contribution < 1.29 is 0 Å². The van der Waals surface area contributed by atoms with E-state index in [0.29, 0.717) is 5.54 Å². The van der Waals surface area contributed by atoms with Crippen LogP contribution < -0.4 is 5.32 Å². The summed E-state index contributed by atoms with van der Waals surface area (Å²) in [5, 5.41) is 3.70. The quantitative estimate of drug-likeness (QED) is 0.803. The Morgan fingerprint density at radius 2 is 2.27 bits per heavy atom. The van der Waals surface area contributed by atoms with Crippen molar-refractivity contribution in [1.82, 2.24) is 14.9 Å². The first kappa shape index (κ1) is 10.7. The number of rotatable bonds is 5. The summed E-state index contributed by atoms with van der Waals surface area (Å²) in [6.45, 7) is 6.41. The minimum Gasteiger partial charge on any atom is -0.334 e. The maximum absolute atomic E-state index is 4.19. The second-order valence-corrected chi connectivity index (χ2v) is 4.51. The molecule has 0 atom stereocenters. The van der Waals surface area contributed by atoms with E-state index in [0.717, 1.165) is 13.1 Å². The van der Waals surface area contributed by atoms with Crippen LogP contribution in [0.25, 0.3) is 0 Å². The minimum atomic E-state index is 0.433. The third kappa shape index (κ3) is 2.07. The number of nitrogens with one attached hydrogen (secondary N) is 1. The van der Waals surface area contributed by atoms with Crippen LogP contribution in [0.3, 0.4) is 0 Å². The second-order valence-electron chi connectivity index (χ2n) is 4.51. The van der Waals surface area contributed by atoms with Gasteiger partial charge >= 0.3 is 0 Å². The van der Waals surface area contributed by atoms with Gasteiger partial charge in [-0.15, -0.1) is 0 Å². The minimum absolute atomic E-state index is 0.433. The fraction of sp³-hybridized carbons (Fsp3) is 0.750. The largest absolute Gasteiger partial charge is 0.334 e. The van der Waals surface area contributed by atoms with Gasteiger partial charge in [0.05, 0.1) is 12.0 Å². The van der Waals surface area contributed by atoms with Crippen molar-refractivity contribution in [3.63, 3.8) is 0 Å². The average molecular weight is 207 g/mol. The fourth-order valence-corrected chi connectivity index (χ4v) is 2.32. The average Bonchev–Trinajstić information content (AvgIpc) is 2.64.